The molecule has 1 heterocycles. The highest BCUT2D eigenvalue weighted by Gasteiger charge is 2.30. The maximum absolute atomic E-state index is 12.8. The van der Waals surface area contributed by atoms with Crippen LogP contribution in [0, 0.1) is 5.92 Å². The average Bonchev–Trinajstić information content (AvgIpc) is 2.69. The molecule has 1 aliphatic rings. The summed E-state index contributed by atoms with van der Waals surface area (Å²) in [5.41, 5.74) is 6.49. The number of benzene rings is 1. The number of ether oxygens (including phenoxy) is 2. The summed E-state index contributed by atoms with van der Waals surface area (Å²) in [5.74, 6) is -0.481. The van der Waals surface area contributed by atoms with Crippen molar-refractivity contribution >= 4 is 29.2 Å². The SMILES string of the molecule is COc1cc(N)c(Cl)cc1C(=O)N[C@@H]1CCN(CCCC(C)CC(=O)O)C(OC)C1. The van der Waals surface area contributed by atoms with E-state index in [1.807, 2.05) is 6.92 Å². The van der Waals surface area contributed by atoms with Crippen LogP contribution in [0.15, 0.2) is 12.1 Å². The van der Waals surface area contributed by atoms with Crippen molar-refractivity contribution in [3.63, 3.8) is 0 Å². The van der Waals surface area contributed by atoms with Crippen LogP contribution in [0.25, 0.3) is 0 Å². The van der Waals surface area contributed by atoms with Crippen LogP contribution < -0.4 is 15.8 Å². The zero-order valence-corrected chi connectivity index (χ0v) is 18.6. The Balaban J connectivity index is 1.90. The average molecular weight is 442 g/mol. The first-order valence-corrected chi connectivity index (χ1v) is 10.5. The first kappa shape index (κ1) is 24.2. The van der Waals surface area contributed by atoms with E-state index in [2.05, 4.69) is 10.2 Å². The van der Waals surface area contributed by atoms with Crippen LogP contribution in [0.3, 0.4) is 0 Å². The number of halogens is 1. The van der Waals surface area contributed by atoms with Gasteiger partial charge in [-0.1, -0.05) is 18.5 Å². The fourth-order valence-corrected chi connectivity index (χ4v) is 3.99. The zero-order valence-electron chi connectivity index (χ0n) is 17.8. The number of carboxylic acids is 1. The van der Waals surface area contributed by atoms with Gasteiger partial charge in [-0.25, -0.2) is 0 Å². The second-order valence-electron chi connectivity index (χ2n) is 7.84. The Bertz CT molecular complexity index is 746. The number of carboxylic acid groups (broad SMARTS) is 1. The Kier molecular flexibility index (Phi) is 9.20. The molecule has 1 aliphatic heterocycles. The molecule has 8 nitrogen and oxygen atoms in total. The number of nitrogens with zero attached hydrogens (tertiary/aromatic N) is 1. The van der Waals surface area contributed by atoms with Gasteiger partial charge < -0.3 is 25.6 Å². The summed E-state index contributed by atoms with van der Waals surface area (Å²) in [4.78, 5) is 25.8. The van der Waals surface area contributed by atoms with E-state index in [-0.39, 0.29) is 30.5 Å². The minimum atomic E-state index is -0.757. The van der Waals surface area contributed by atoms with Crippen molar-refractivity contribution in [2.75, 3.05) is 33.0 Å². The lowest BCUT2D eigenvalue weighted by molar-refractivity contribution is -0.138. The fourth-order valence-electron chi connectivity index (χ4n) is 3.83. The van der Waals surface area contributed by atoms with E-state index in [1.165, 1.54) is 13.2 Å². The van der Waals surface area contributed by atoms with E-state index in [4.69, 9.17) is 31.9 Å². The van der Waals surface area contributed by atoms with Crippen LogP contribution in [0.5, 0.6) is 5.75 Å². The molecule has 2 unspecified atom stereocenters. The van der Waals surface area contributed by atoms with E-state index >= 15 is 0 Å². The molecule has 4 N–H and O–H groups in total. The number of carbonyl (C=O) groups excluding carboxylic acids is 1. The summed E-state index contributed by atoms with van der Waals surface area (Å²) in [6, 6.07) is 3.03. The number of nitrogen functional groups attached to an aromatic ring is 1. The van der Waals surface area contributed by atoms with E-state index in [0.717, 1.165) is 32.4 Å². The molecule has 30 heavy (non-hydrogen) atoms. The lowest BCUT2D eigenvalue weighted by atomic mass is 9.99. The molecule has 0 radical (unpaired) electrons. The molecule has 0 aliphatic carbocycles. The van der Waals surface area contributed by atoms with E-state index in [9.17, 15) is 9.59 Å². The third-order valence-corrected chi connectivity index (χ3v) is 5.82. The highest BCUT2D eigenvalue weighted by Crippen LogP contribution is 2.29. The number of nitrogens with two attached hydrogens (primary N) is 1. The highest BCUT2D eigenvalue weighted by molar-refractivity contribution is 6.33. The van der Waals surface area contributed by atoms with E-state index in [0.29, 0.717) is 28.4 Å². The maximum atomic E-state index is 12.8. The van der Waals surface area contributed by atoms with Crippen molar-refractivity contribution in [1.82, 2.24) is 10.2 Å². The van der Waals surface area contributed by atoms with Crippen LogP contribution in [-0.4, -0.2) is 61.5 Å². The molecule has 0 aromatic heterocycles. The Labute approximate surface area is 182 Å². The molecule has 1 fully saturated rings. The van der Waals surface area contributed by atoms with Crippen LogP contribution in [-0.2, 0) is 9.53 Å². The summed E-state index contributed by atoms with van der Waals surface area (Å²) in [7, 11) is 3.15. The van der Waals surface area contributed by atoms with E-state index < -0.39 is 5.97 Å². The number of piperidine rings is 1. The quantitative estimate of drug-likeness (QED) is 0.478. The van der Waals surface area contributed by atoms with Gasteiger partial charge >= 0.3 is 5.97 Å². The van der Waals surface area contributed by atoms with Gasteiger partial charge in [0.05, 0.1) is 23.4 Å². The van der Waals surface area contributed by atoms with Gasteiger partial charge in [0, 0.05) is 45.1 Å². The summed E-state index contributed by atoms with van der Waals surface area (Å²) >= 11 is 6.07. The minimum absolute atomic E-state index is 0.0364. The predicted molar refractivity (Wildman–Crippen MR) is 116 cm³/mol. The molecule has 3 atom stereocenters. The number of carbonyl (C=O) groups is 2. The summed E-state index contributed by atoms with van der Waals surface area (Å²) in [6.45, 7) is 3.59. The largest absolute Gasteiger partial charge is 0.496 e. The van der Waals surface area contributed by atoms with Gasteiger partial charge in [0.2, 0.25) is 0 Å². The smallest absolute Gasteiger partial charge is 0.303 e. The van der Waals surface area contributed by atoms with Gasteiger partial charge in [0.25, 0.3) is 5.91 Å². The third-order valence-electron chi connectivity index (χ3n) is 5.49. The van der Waals surface area contributed by atoms with Gasteiger partial charge in [0.15, 0.2) is 0 Å². The zero-order chi connectivity index (χ0) is 22.3. The molecular formula is C21H32ClN3O5. The van der Waals surface area contributed by atoms with Gasteiger partial charge in [-0.05, 0) is 31.2 Å². The molecule has 1 amide bonds. The highest BCUT2D eigenvalue weighted by atomic mass is 35.5. The van der Waals surface area contributed by atoms with Crippen molar-refractivity contribution in [3.8, 4) is 5.75 Å². The lowest BCUT2D eigenvalue weighted by Crippen LogP contribution is -2.50. The fraction of sp³-hybridized carbons (Fsp3) is 0.619. The van der Waals surface area contributed by atoms with Crippen molar-refractivity contribution in [2.45, 2.75) is 51.3 Å². The van der Waals surface area contributed by atoms with Gasteiger partial charge in [0.1, 0.15) is 12.0 Å². The van der Waals surface area contributed by atoms with Crippen LogP contribution in [0.4, 0.5) is 5.69 Å². The standard InChI is InChI=1S/C21H32ClN3O5/c1-13(9-20(26)27)5-4-7-25-8-6-14(10-19(25)30-3)24-21(28)15-11-16(22)17(23)12-18(15)29-2/h11-14,19H,4-10,23H2,1-3H3,(H,24,28)(H,26,27)/t13?,14-,19?/m1/s1. The Morgan fingerprint density at radius 1 is 1.40 bits per heavy atom. The van der Waals surface area contributed by atoms with E-state index in [1.54, 1.807) is 13.2 Å². The molecule has 2 rings (SSSR count). The van der Waals surface area contributed by atoms with Crippen molar-refractivity contribution in [3.05, 3.63) is 22.7 Å². The van der Waals surface area contributed by atoms with Gasteiger partial charge in [-0.2, -0.15) is 0 Å². The van der Waals surface area contributed by atoms with Gasteiger partial charge in [-0.3, -0.25) is 14.5 Å². The van der Waals surface area contributed by atoms with Crippen molar-refractivity contribution in [2.24, 2.45) is 5.92 Å². The first-order valence-electron chi connectivity index (χ1n) is 10.2. The number of aliphatic carboxylic acids is 1. The van der Waals surface area contributed by atoms with Crippen LogP contribution in [0.2, 0.25) is 5.02 Å². The second-order valence-corrected chi connectivity index (χ2v) is 8.25. The molecule has 168 valence electrons. The molecular weight excluding hydrogens is 410 g/mol. The molecule has 0 spiro atoms. The second kappa shape index (κ2) is 11.4. The van der Waals surface area contributed by atoms with Crippen LogP contribution in [0.1, 0.15) is 49.4 Å². The Morgan fingerprint density at radius 3 is 2.77 bits per heavy atom. The molecule has 9 heteroatoms. The number of hydrogen-bond donors (Lipinski definition) is 3. The molecule has 0 saturated carbocycles. The first-order chi connectivity index (χ1) is 14.2. The van der Waals surface area contributed by atoms with Crippen molar-refractivity contribution < 1.29 is 24.2 Å². The number of anilines is 1. The Hall–Kier alpha value is -2.03. The van der Waals surface area contributed by atoms with Gasteiger partial charge in [-0.15, -0.1) is 0 Å². The number of amides is 1. The number of nitrogens with one attached hydrogen (secondary N) is 1. The lowest BCUT2D eigenvalue weighted by Gasteiger charge is -2.39. The number of methoxy groups -OCH3 is 2. The molecule has 1 aromatic carbocycles. The third kappa shape index (κ3) is 6.75. The number of likely N-dealkylation sites (tertiary alicyclic amines) is 1. The maximum Gasteiger partial charge on any atom is 0.303 e. The predicted octanol–water partition coefficient (Wildman–Crippen LogP) is 2.99. The normalized spacial score (nSPS) is 20.5. The minimum Gasteiger partial charge on any atom is -0.496 e. The molecule has 1 saturated heterocycles. The number of rotatable bonds is 10. The topological polar surface area (TPSA) is 114 Å². The summed E-state index contributed by atoms with van der Waals surface area (Å²) in [5, 5.41) is 12.2. The monoisotopic (exact) mass is 441 g/mol. The van der Waals surface area contributed by atoms with Crippen molar-refractivity contribution in [1.29, 1.82) is 0 Å². The Morgan fingerprint density at radius 2 is 2.13 bits per heavy atom. The summed E-state index contributed by atoms with van der Waals surface area (Å²) < 4.78 is 10.9. The number of hydrogen-bond acceptors (Lipinski definition) is 6. The molecule has 0 bridgehead atoms. The van der Waals surface area contributed by atoms with Crippen LogP contribution >= 0.6 is 11.6 Å². The summed E-state index contributed by atoms with van der Waals surface area (Å²) in [6.07, 6.45) is 3.32. The molecule has 1 aromatic rings.